The summed E-state index contributed by atoms with van der Waals surface area (Å²) in [6.07, 6.45) is 29.6. The Morgan fingerprint density at radius 1 is 0.279 bits per heavy atom. The molecule has 0 aliphatic carbocycles. The molecule has 0 N–H and O–H groups in total. The van der Waals surface area contributed by atoms with E-state index < -0.39 is 0 Å². The van der Waals surface area contributed by atoms with Gasteiger partial charge in [0.2, 0.25) is 0 Å². The van der Waals surface area contributed by atoms with E-state index in [1.807, 2.05) is 261 Å². The molecule has 8 heterocycles. The fourth-order valence-electron chi connectivity index (χ4n) is 8.82. The van der Waals surface area contributed by atoms with Crippen LogP contribution in [0.3, 0.4) is 0 Å². The summed E-state index contributed by atoms with van der Waals surface area (Å²) in [6, 6.07) is 102. The van der Waals surface area contributed by atoms with Crippen molar-refractivity contribution in [1.82, 2.24) is 39.9 Å². The van der Waals surface area contributed by atoms with Crippen LogP contribution in [-0.2, 0) is 71.4 Å². The van der Waals surface area contributed by atoms with Crippen LogP contribution < -0.4 is 0 Å². The predicted octanol–water partition coefficient (Wildman–Crippen LogP) is 21.6. The average Bonchev–Trinajstić information content (AvgIpc) is 0.865. The third-order valence-corrected chi connectivity index (χ3v) is 14.0. The maximum atomic E-state index is 6.92. The third kappa shape index (κ3) is 30.3. The van der Waals surface area contributed by atoms with Gasteiger partial charge < -0.3 is 26.0 Å². The van der Waals surface area contributed by atoms with E-state index in [9.17, 15) is 0 Å². The summed E-state index contributed by atoms with van der Waals surface area (Å²) < 4.78 is 0. The van der Waals surface area contributed by atoms with Crippen LogP contribution in [0.5, 0.6) is 0 Å². The molecule has 14 aromatic rings. The van der Waals surface area contributed by atoms with Crippen molar-refractivity contribution in [2.24, 2.45) is 5.41 Å². The molecule has 0 atom stereocenters. The third-order valence-electron chi connectivity index (χ3n) is 14.0. The second kappa shape index (κ2) is 48.1. The first-order chi connectivity index (χ1) is 48.8. The minimum atomic E-state index is 0. The second-order valence-corrected chi connectivity index (χ2v) is 23.6. The molecule has 8 nitrogen and oxygen atoms in total. The summed E-state index contributed by atoms with van der Waals surface area (Å²) >= 11 is 0. The van der Waals surface area contributed by atoms with E-state index in [-0.39, 0.29) is 76.8 Å². The number of allylic oxidation sites excluding steroid dienone is 1. The van der Waals surface area contributed by atoms with Crippen LogP contribution in [0.2, 0.25) is 0 Å². The van der Waals surface area contributed by atoms with E-state index in [4.69, 9.17) is 19.4 Å². The molecule has 0 amide bonds. The Morgan fingerprint density at radius 3 is 0.606 bits per heavy atom. The monoisotopic (exact) mass is 1520 g/mol. The second-order valence-electron chi connectivity index (χ2n) is 23.6. The predicted molar refractivity (Wildman–Crippen MR) is 409 cm³/mol. The molecule has 0 bridgehead atoms. The zero-order valence-electron chi connectivity index (χ0n) is 58.4. The number of aromatic nitrogens is 8. The van der Waals surface area contributed by atoms with Crippen LogP contribution in [-0.4, -0.2) is 39.9 Å². The normalized spacial score (nSPS) is 9.62. The van der Waals surface area contributed by atoms with E-state index in [0.29, 0.717) is 0 Å². The summed E-state index contributed by atoms with van der Waals surface area (Å²) in [6.45, 7) is 24.9. The first-order valence-electron chi connectivity index (χ1n) is 32.2. The first-order valence-corrected chi connectivity index (χ1v) is 32.2. The molecule has 0 spiro atoms. The number of nitrogens with zero attached hydrogens (tertiary/aromatic N) is 8. The molecule has 0 fully saturated rings. The van der Waals surface area contributed by atoms with Crippen molar-refractivity contribution < 1.29 is 66.0 Å². The topological polar surface area (TPSA) is 103 Å². The number of hydrogen-bond acceptors (Lipinski definition) is 8. The average molecular weight is 1530 g/mol. The van der Waals surface area contributed by atoms with Gasteiger partial charge in [0.1, 0.15) is 0 Å². The summed E-state index contributed by atoms with van der Waals surface area (Å²) in [5.41, 5.74) is 18.6. The largest absolute Gasteiger partial charge is 2.00 e. The van der Waals surface area contributed by atoms with E-state index in [0.717, 1.165) is 101 Å². The van der Waals surface area contributed by atoms with Crippen molar-refractivity contribution in [3.05, 3.63) is 402 Å². The van der Waals surface area contributed by atoms with Gasteiger partial charge in [0, 0.05) is 95.1 Å². The van der Waals surface area contributed by atoms with Gasteiger partial charge in [-0.05, 0) is 59.5 Å². The molecule has 0 unspecified atom stereocenters. The number of pyridine rings is 8. The van der Waals surface area contributed by atoms with E-state index in [1.54, 1.807) is 55.7 Å². The molecule has 14 rings (SSSR count). The van der Waals surface area contributed by atoms with Gasteiger partial charge in [-0.25, -0.2) is 0 Å². The summed E-state index contributed by atoms with van der Waals surface area (Å²) in [5, 5.41) is 0. The Kier molecular flexibility index (Phi) is 40.4. The smallest absolute Gasteiger partial charge is 0.521 e. The Labute approximate surface area is 657 Å². The van der Waals surface area contributed by atoms with Crippen LogP contribution in [0.4, 0.5) is 0 Å². The molecule has 0 saturated carbocycles. The Hall–Kier alpha value is -10.9. The molecule has 104 heavy (non-hydrogen) atoms. The molecule has 8 aromatic heterocycles. The first kappa shape index (κ1) is 87.3. The van der Waals surface area contributed by atoms with Crippen molar-refractivity contribution in [3.8, 4) is 102 Å². The Bertz CT molecular complexity index is 4020. The summed E-state index contributed by atoms with van der Waals surface area (Å²) in [7, 11) is 0. The number of benzene rings is 6. The van der Waals surface area contributed by atoms with Crippen LogP contribution in [0, 0.1) is 67.5 Å². The van der Waals surface area contributed by atoms with Gasteiger partial charge in [0.15, 0.2) is 0 Å². The molecule has 0 radical (unpaired) electrons. The van der Waals surface area contributed by atoms with Crippen LogP contribution in [0.25, 0.3) is 90.1 Å². The number of hydrogen-bond donors (Lipinski definition) is 0. The van der Waals surface area contributed by atoms with Crippen molar-refractivity contribution in [2.45, 2.75) is 47.0 Å². The molecule has 0 saturated heterocycles. The van der Waals surface area contributed by atoms with Gasteiger partial charge in [-0.3, -0.25) is 64.4 Å². The Balaban J connectivity index is 0.000000319. The van der Waals surface area contributed by atoms with Gasteiger partial charge >= 0.3 is 66.0 Å². The van der Waals surface area contributed by atoms with Crippen molar-refractivity contribution in [1.29, 1.82) is 0 Å². The van der Waals surface area contributed by atoms with E-state index in [2.05, 4.69) is 143 Å². The fraction of sp³-hybridized carbons (Fsp3) is 0.0870. The van der Waals surface area contributed by atoms with Crippen molar-refractivity contribution in [3.63, 3.8) is 0 Å². The van der Waals surface area contributed by atoms with Crippen LogP contribution >= 0.6 is 0 Å². The SMILES string of the molecule is [C-]#Cc1ccc(C(C)(C)C)cc1.[C-]#Cc1ccccc1.[CH-]=C.[CH-]=CC(C)(C)C.[Ni+2].[Ni+2].[Ni+2].[Ni+2].[c-]1c(-c2ccccn2)cccc1-c1ccccn1.[c-]1c(-c2ccccn2)cccc1-c1ccccn1.[c-]1c(-c2ccccn2)cccc1-c1ccccn1.[c-]1c(-c2ccccn2)cccc1-c1ccccn1. The van der Waals surface area contributed by atoms with Gasteiger partial charge in [-0.1, -0.05) is 219 Å². The van der Waals surface area contributed by atoms with Gasteiger partial charge in [0.25, 0.3) is 0 Å². The van der Waals surface area contributed by atoms with Crippen molar-refractivity contribution in [2.75, 3.05) is 0 Å². The van der Waals surface area contributed by atoms with Gasteiger partial charge in [0.05, 0.1) is 0 Å². The zero-order valence-corrected chi connectivity index (χ0v) is 62.3. The molecule has 0 aliphatic heterocycles. The van der Waals surface area contributed by atoms with E-state index >= 15 is 0 Å². The maximum Gasteiger partial charge on any atom is 2.00 e. The summed E-state index contributed by atoms with van der Waals surface area (Å²) in [5.74, 6) is 4.63. The molecule has 12 heteroatoms. The minimum absolute atomic E-state index is 0. The number of rotatable bonds is 8. The minimum Gasteiger partial charge on any atom is -0.521 e. The fourth-order valence-corrected chi connectivity index (χ4v) is 8.82. The van der Waals surface area contributed by atoms with Crippen LogP contribution in [0.1, 0.15) is 58.2 Å². The Morgan fingerprint density at radius 2 is 0.462 bits per heavy atom. The quantitative estimate of drug-likeness (QED) is 0.0842. The van der Waals surface area contributed by atoms with Crippen molar-refractivity contribution >= 4 is 0 Å². The maximum absolute atomic E-state index is 6.92. The summed E-state index contributed by atoms with van der Waals surface area (Å²) in [4.78, 5) is 34.7. The van der Waals surface area contributed by atoms with Gasteiger partial charge in [-0.15, -0.1) is 132 Å². The molecule has 0 aliphatic rings. The molecular formula is C92H76N8Ni4. The molecule has 6 aromatic carbocycles. The van der Waals surface area contributed by atoms with Crippen LogP contribution in [0.15, 0.2) is 335 Å². The van der Waals surface area contributed by atoms with Gasteiger partial charge in [-0.2, -0.15) is 0 Å². The molecule has 524 valence electrons. The van der Waals surface area contributed by atoms with E-state index in [1.165, 1.54) is 5.56 Å². The molecular weight excluding hydrogens is 1450 g/mol. The zero-order chi connectivity index (χ0) is 71.1. The standard InChI is InChI=1S/4C16H11N2.C12H13.C8H5.C6H11.C2H3.4Ni/c4*1-3-10-17-15(8-1)13-6-5-7-14(12-13)16-9-2-4-11-18-16;1-5-10-6-8-11(9-7-10)12(2,3)4;1-2-8-6-4-3-5-7-8;1-5-6(2,3)4;1-2;;;;/h4*1-11H;6-9H,2-4H3;3-7H;1,5H,2-4H3;1H,2H2;;;;/q8*-1;4*+2.